The van der Waals surface area contributed by atoms with E-state index in [9.17, 15) is 9.59 Å². The molecule has 5 nitrogen and oxygen atoms in total. The van der Waals surface area contributed by atoms with Crippen molar-refractivity contribution >= 4 is 39.6 Å². The number of aryl methyl sites for hydroxylation is 1. The number of amides is 1. The number of fused-ring (bicyclic) bond motifs is 1. The van der Waals surface area contributed by atoms with Gasteiger partial charge in [0.1, 0.15) is 4.88 Å². The summed E-state index contributed by atoms with van der Waals surface area (Å²) in [6.45, 7) is 6.06. The van der Waals surface area contributed by atoms with Gasteiger partial charge in [0.05, 0.1) is 18.2 Å². The molecule has 0 fully saturated rings. The van der Waals surface area contributed by atoms with E-state index in [0.29, 0.717) is 23.0 Å². The van der Waals surface area contributed by atoms with Gasteiger partial charge in [-0.25, -0.2) is 4.79 Å². The molecule has 24 heavy (non-hydrogen) atoms. The van der Waals surface area contributed by atoms with Crippen molar-refractivity contribution in [3.8, 4) is 0 Å². The second-order valence-electron chi connectivity index (χ2n) is 5.72. The first-order valence-corrected chi connectivity index (χ1v) is 9.61. The van der Waals surface area contributed by atoms with Gasteiger partial charge < -0.3 is 10.1 Å². The van der Waals surface area contributed by atoms with Crippen molar-refractivity contribution in [2.45, 2.75) is 26.8 Å². The first-order chi connectivity index (χ1) is 11.6. The van der Waals surface area contributed by atoms with Crippen LogP contribution in [0.15, 0.2) is 17.5 Å². The maximum Gasteiger partial charge on any atom is 0.348 e. The third-order valence-corrected chi connectivity index (χ3v) is 6.05. The highest BCUT2D eigenvalue weighted by atomic mass is 32.1. The number of nitrogens with zero attached hydrogens (tertiary/aromatic N) is 1. The molecule has 3 rings (SSSR count). The number of nitrogens with one attached hydrogen (secondary N) is 1. The number of anilines is 1. The van der Waals surface area contributed by atoms with Crippen molar-refractivity contribution in [2.75, 3.05) is 25.0 Å². The summed E-state index contributed by atoms with van der Waals surface area (Å²) in [5.41, 5.74) is 2.16. The van der Waals surface area contributed by atoms with E-state index in [-0.39, 0.29) is 11.9 Å². The minimum absolute atomic E-state index is 0.0506. The molecule has 7 heteroatoms. The Bertz CT molecular complexity index is 751. The van der Waals surface area contributed by atoms with E-state index in [0.717, 1.165) is 25.1 Å². The van der Waals surface area contributed by atoms with Crippen molar-refractivity contribution in [1.82, 2.24) is 4.90 Å². The maximum absolute atomic E-state index is 12.3. The topological polar surface area (TPSA) is 58.6 Å². The molecule has 2 aromatic heterocycles. The summed E-state index contributed by atoms with van der Waals surface area (Å²) < 4.78 is 5.03. The van der Waals surface area contributed by atoms with Gasteiger partial charge >= 0.3 is 5.97 Å². The molecule has 0 unspecified atom stereocenters. The van der Waals surface area contributed by atoms with Crippen molar-refractivity contribution < 1.29 is 14.3 Å². The Morgan fingerprint density at radius 2 is 2.25 bits per heavy atom. The van der Waals surface area contributed by atoms with E-state index >= 15 is 0 Å². The minimum Gasteiger partial charge on any atom is -0.462 e. The lowest BCUT2D eigenvalue weighted by Gasteiger charge is -2.25. The number of carbonyl (C=O) groups is 2. The normalized spacial score (nSPS) is 14.2. The maximum atomic E-state index is 12.3. The van der Waals surface area contributed by atoms with Crippen molar-refractivity contribution in [3.63, 3.8) is 0 Å². The van der Waals surface area contributed by atoms with Crippen molar-refractivity contribution in [1.29, 1.82) is 0 Å². The summed E-state index contributed by atoms with van der Waals surface area (Å²) >= 11 is 3.06. The molecular formula is C17H20N2O3S2. The fraction of sp³-hybridized carbons (Fsp3) is 0.412. The fourth-order valence-electron chi connectivity index (χ4n) is 2.76. The summed E-state index contributed by atoms with van der Waals surface area (Å²) in [6, 6.07) is 3.96. The molecule has 0 saturated carbocycles. The Labute approximate surface area is 149 Å². The van der Waals surface area contributed by atoms with Gasteiger partial charge in [-0.2, -0.15) is 0 Å². The molecule has 3 heterocycles. The van der Waals surface area contributed by atoms with Crippen LogP contribution in [-0.2, 0) is 22.5 Å². The Hall–Kier alpha value is -1.70. The van der Waals surface area contributed by atoms with Gasteiger partial charge in [0.15, 0.2) is 0 Å². The Morgan fingerprint density at radius 1 is 1.42 bits per heavy atom. The van der Waals surface area contributed by atoms with Crippen LogP contribution >= 0.6 is 22.7 Å². The van der Waals surface area contributed by atoms with Crippen LogP contribution in [0.3, 0.4) is 0 Å². The largest absolute Gasteiger partial charge is 0.462 e. The van der Waals surface area contributed by atoms with Crippen LogP contribution in [0, 0.1) is 6.92 Å². The molecule has 0 radical (unpaired) electrons. The van der Waals surface area contributed by atoms with E-state index in [1.807, 2.05) is 13.0 Å². The Morgan fingerprint density at radius 3 is 3.04 bits per heavy atom. The van der Waals surface area contributed by atoms with E-state index in [2.05, 4.69) is 21.7 Å². The molecule has 0 spiro atoms. The number of rotatable bonds is 5. The number of hydrogen-bond donors (Lipinski definition) is 1. The molecule has 0 atom stereocenters. The standard InChI is InChI=1S/C17H20N2O3S2/c1-3-22-17(21)16-11(2)8-15(24-16)18-14(20)10-19-6-4-13-12(9-19)5-7-23-13/h5,7-8H,3-4,6,9-10H2,1-2H3,(H,18,20). The smallest absolute Gasteiger partial charge is 0.348 e. The molecule has 0 bridgehead atoms. The van der Waals surface area contributed by atoms with Gasteiger partial charge in [0.2, 0.25) is 5.91 Å². The van der Waals surface area contributed by atoms with Crippen LogP contribution in [0.2, 0.25) is 0 Å². The van der Waals surface area contributed by atoms with Crippen LogP contribution < -0.4 is 5.32 Å². The molecule has 2 aromatic rings. The van der Waals surface area contributed by atoms with E-state index in [1.54, 1.807) is 18.3 Å². The average molecular weight is 364 g/mol. The molecule has 1 aliphatic rings. The number of thiophene rings is 2. The van der Waals surface area contributed by atoms with Crippen LogP contribution in [0.25, 0.3) is 0 Å². The SMILES string of the molecule is CCOC(=O)c1sc(NC(=O)CN2CCc3sccc3C2)cc1C. The fourth-order valence-corrected chi connectivity index (χ4v) is 4.64. The van der Waals surface area contributed by atoms with Crippen molar-refractivity contribution in [3.05, 3.63) is 38.4 Å². The monoisotopic (exact) mass is 364 g/mol. The van der Waals surface area contributed by atoms with Crippen molar-refractivity contribution in [2.24, 2.45) is 0 Å². The van der Waals surface area contributed by atoms with Gasteiger partial charge in [-0.05, 0) is 48.9 Å². The number of esters is 1. The molecule has 0 aliphatic carbocycles. The summed E-state index contributed by atoms with van der Waals surface area (Å²) in [6.07, 6.45) is 1.01. The quantitative estimate of drug-likeness (QED) is 0.827. The second-order valence-corrected chi connectivity index (χ2v) is 7.77. The first kappa shape index (κ1) is 17.1. The molecule has 1 aliphatic heterocycles. The second kappa shape index (κ2) is 7.46. The predicted molar refractivity (Wildman–Crippen MR) is 96.9 cm³/mol. The summed E-state index contributed by atoms with van der Waals surface area (Å²) in [5, 5.41) is 5.70. The Balaban J connectivity index is 1.58. The zero-order chi connectivity index (χ0) is 17.1. The Kier molecular flexibility index (Phi) is 5.33. The first-order valence-electron chi connectivity index (χ1n) is 7.91. The number of carbonyl (C=O) groups excluding carboxylic acids is 2. The lowest BCUT2D eigenvalue weighted by atomic mass is 10.1. The lowest BCUT2D eigenvalue weighted by Crippen LogP contribution is -2.36. The highest BCUT2D eigenvalue weighted by Crippen LogP contribution is 2.28. The summed E-state index contributed by atoms with van der Waals surface area (Å²) in [4.78, 5) is 28.3. The summed E-state index contributed by atoms with van der Waals surface area (Å²) in [7, 11) is 0. The highest BCUT2D eigenvalue weighted by molar-refractivity contribution is 7.18. The number of ether oxygens (including phenoxy) is 1. The van der Waals surface area contributed by atoms with Gasteiger partial charge in [0, 0.05) is 18.0 Å². The predicted octanol–water partition coefficient (Wildman–Crippen LogP) is 3.29. The molecule has 0 saturated heterocycles. The van der Waals surface area contributed by atoms with Gasteiger partial charge in [-0.15, -0.1) is 22.7 Å². The van der Waals surface area contributed by atoms with Crippen LogP contribution in [0.1, 0.15) is 32.6 Å². The minimum atomic E-state index is -0.332. The van der Waals surface area contributed by atoms with E-state index in [4.69, 9.17) is 4.74 Å². The van der Waals surface area contributed by atoms with Gasteiger partial charge in [-0.1, -0.05) is 0 Å². The average Bonchev–Trinajstić information content (AvgIpc) is 3.13. The van der Waals surface area contributed by atoms with Crippen LogP contribution in [0.4, 0.5) is 5.00 Å². The molecule has 1 N–H and O–H groups in total. The third-order valence-electron chi connectivity index (χ3n) is 3.90. The zero-order valence-corrected chi connectivity index (χ0v) is 15.4. The lowest BCUT2D eigenvalue weighted by molar-refractivity contribution is -0.117. The highest BCUT2D eigenvalue weighted by Gasteiger charge is 2.20. The van der Waals surface area contributed by atoms with Gasteiger partial charge in [0.25, 0.3) is 0 Å². The molecule has 128 valence electrons. The molecular weight excluding hydrogens is 344 g/mol. The number of hydrogen-bond acceptors (Lipinski definition) is 6. The van der Waals surface area contributed by atoms with Crippen LogP contribution in [0.5, 0.6) is 0 Å². The van der Waals surface area contributed by atoms with E-state index in [1.165, 1.54) is 21.8 Å². The third kappa shape index (κ3) is 3.85. The van der Waals surface area contributed by atoms with Gasteiger partial charge in [-0.3, -0.25) is 9.69 Å². The van der Waals surface area contributed by atoms with Crippen LogP contribution in [-0.4, -0.2) is 36.5 Å². The zero-order valence-electron chi connectivity index (χ0n) is 13.8. The molecule has 0 aromatic carbocycles. The summed E-state index contributed by atoms with van der Waals surface area (Å²) in [5.74, 6) is -0.383. The molecule has 1 amide bonds. The van der Waals surface area contributed by atoms with E-state index < -0.39 is 0 Å².